The molecular weight excluding hydrogens is 188 g/mol. The molecule has 5 heteroatoms. The van der Waals surface area contributed by atoms with E-state index >= 15 is 0 Å². The molecule has 14 heavy (non-hydrogen) atoms. The van der Waals surface area contributed by atoms with E-state index < -0.39 is 17.9 Å². The van der Waals surface area contributed by atoms with E-state index in [2.05, 4.69) is 4.74 Å². The van der Waals surface area contributed by atoms with Gasteiger partial charge in [-0.1, -0.05) is 0 Å². The molecule has 80 valence electrons. The fraction of sp³-hybridized carbons (Fsp3) is 0.778. The first-order valence-electron chi connectivity index (χ1n) is 4.42. The van der Waals surface area contributed by atoms with E-state index in [-0.39, 0.29) is 12.4 Å². The van der Waals surface area contributed by atoms with Gasteiger partial charge in [-0.2, -0.15) is 0 Å². The van der Waals surface area contributed by atoms with Crippen LogP contribution < -0.4 is 0 Å². The largest absolute Gasteiger partial charge is 0.469 e. The predicted molar refractivity (Wildman–Crippen MR) is 46.3 cm³/mol. The highest BCUT2D eigenvalue weighted by Gasteiger charge is 2.40. The van der Waals surface area contributed by atoms with Gasteiger partial charge in [0.2, 0.25) is 5.79 Å². The van der Waals surface area contributed by atoms with Crippen molar-refractivity contribution in [2.45, 2.75) is 38.6 Å². The zero-order valence-corrected chi connectivity index (χ0v) is 8.53. The summed E-state index contributed by atoms with van der Waals surface area (Å²) in [6.45, 7) is 3.31. The van der Waals surface area contributed by atoms with Gasteiger partial charge in [0.15, 0.2) is 6.10 Å². The molecule has 0 radical (unpaired) electrons. The molecule has 0 aromatic heterocycles. The Morgan fingerprint density at radius 3 is 2.64 bits per heavy atom. The molecular formula is C9H14O5. The number of carbonyl (C=O) groups excluding carboxylic acids is 2. The van der Waals surface area contributed by atoms with E-state index in [0.717, 1.165) is 0 Å². The van der Waals surface area contributed by atoms with Gasteiger partial charge in [0.25, 0.3) is 0 Å². The first-order chi connectivity index (χ1) is 6.44. The summed E-state index contributed by atoms with van der Waals surface area (Å²) in [7, 11) is 1.31. The van der Waals surface area contributed by atoms with Crippen molar-refractivity contribution in [1.29, 1.82) is 0 Å². The summed E-state index contributed by atoms with van der Waals surface area (Å²) < 4.78 is 14.6. The SMILES string of the molecule is COC(=O)CCC1OC(C)(C)OC1=O. The first-order valence-corrected chi connectivity index (χ1v) is 4.42. The van der Waals surface area contributed by atoms with Crippen LogP contribution in [0.2, 0.25) is 0 Å². The molecule has 0 N–H and O–H groups in total. The Morgan fingerprint density at radius 2 is 2.21 bits per heavy atom. The van der Waals surface area contributed by atoms with Gasteiger partial charge in [-0.15, -0.1) is 0 Å². The van der Waals surface area contributed by atoms with Crippen molar-refractivity contribution in [3.8, 4) is 0 Å². The van der Waals surface area contributed by atoms with Crippen LogP contribution >= 0.6 is 0 Å². The summed E-state index contributed by atoms with van der Waals surface area (Å²) in [5, 5.41) is 0. The Balaban J connectivity index is 2.40. The summed E-state index contributed by atoms with van der Waals surface area (Å²) >= 11 is 0. The maximum atomic E-state index is 11.2. The van der Waals surface area contributed by atoms with Gasteiger partial charge >= 0.3 is 11.9 Å². The average molecular weight is 202 g/mol. The van der Waals surface area contributed by atoms with Crippen LogP contribution in [-0.2, 0) is 23.8 Å². The normalized spacial score (nSPS) is 24.5. The number of cyclic esters (lactones) is 1. The molecule has 0 spiro atoms. The van der Waals surface area contributed by atoms with E-state index in [1.165, 1.54) is 7.11 Å². The third kappa shape index (κ3) is 2.70. The molecule has 1 saturated heterocycles. The minimum atomic E-state index is -0.877. The van der Waals surface area contributed by atoms with Crippen LogP contribution in [0.4, 0.5) is 0 Å². The number of esters is 2. The van der Waals surface area contributed by atoms with Crippen LogP contribution in [-0.4, -0.2) is 30.9 Å². The molecule has 0 aromatic rings. The van der Waals surface area contributed by atoms with Crippen molar-refractivity contribution in [1.82, 2.24) is 0 Å². The molecule has 1 aliphatic rings. The Hall–Kier alpha value is -1.10. The highest BCUT2D eigenvalue weighted by atomic mass is 16.8. The monoisotopic (exact) mass is 202 g/mol. The molecule has 1 heterocycles. The topological polar surface area (TPSA) is 61.8 Å². The smallest absolute Gasteiger partial charge is 0.337 e. The third-order valence-corrected chi connectivity index (χ3v) is 1.87. The van der Waals surface area contributed by atoms with Gasteiger partial charge < -0.3 is 14.2 Å². The van der Waals surface area contributed by atoms with Crippen molar-refractivity contribution >= 4 is 11.9 Å². The lowest BCUT2D eigenvalue weighted by Crippen LogP contribution is -2.22. The molecule has 1 fully saturated rings. The maximum Gasteiger partial charge on any atom is 0.337 e. The second-order valence-electron chi connectivity index (χ2n) is 3.54. The van der Waals surface area contributed by atoms with Gasteiger partial charge in [-0.3, -0.25) is 4.79 Å². The van der Waals surface area contributed by atoms with Crippen molar-refractivity contribution in [2.24, 2.45) is 0 Å². The van der Waals surface area contributed by atoms with Gasteiger partial charge in [0.05, 0.1) is 7.11 Å². The number of ether oxygens (including phenoxy) is 3. The summed E-state index contributed by atoms with van der Waals surface area (Å²) in [6.07, 6.45) is -0.189. The van der Waals surface area contributed by atoms with Crippen LogP contribution in [0.25, 0.3) is 0 Å². The summed E-state index contributed by atoms with van der Waals surface area (Å²) in [5.41, 5.74) is 0. The number of hydrogen-bond donors (Lipinski definition) is 0. The quantitative estimate of drug-likeness (QED) is 0.628. The molecule has 1 aliphatic heterocycles. The van der Waals surface area contributed by atoms with Crippen LogP contribution in [0.3, 0.4) is 0 Å². The lowest BCUT2D eigenvalue weighted by molar-refractivity contribution is -0.161. The van der Waals surface area contributed by atoms with Crippen LogP contribution in [0.1, 0.15) is 26.7 Å². The number of carbonyl (C=O) groups is 2. The lowest BCUT2D eigenvalue weighted by Gasteiger charge is -2.14. The zero-order valence-electron chi connectivity index (χ0n) is 8.53. The Kier molecular flexibility index (Phi) is 3.10. The first kappa shape index (κ1) is 11.0. The van der Waals surface area contributed by atoms with Crippen LogP contribution in [0.5, 0.6) is 0 Å². The summed E-state index contributed by atoms with van der Waals surface area (Å²) in [6, 6.07) is 0. The van der Waals surface area contributed by atoms with Crippen LogP contribution in [0, 0.1) is 0 Å². The van der Waals surface area contributed by atoms with E-state index in [4.69, 9.17) is 9.47 Å². The van der Waals surface area contributed by atoms with Gasteiger partial charge in [-0.25, -0.2) is 4.79 Å². The van der Waals surface area contributed by atoms with Gasteiger partial charge in [0, 0.05) is 20.3 Å². The average Bonchev–Trinajstić information content (AvgIpc) is 2.35. The van der Waals surface area contributed by atoms with E-state index in [0.29, 0.717) is 6.42 Å². The Morgan fingerprint density at radius 1 is 1.57 bits per heavy atom. The summed E-state index contributed by atoms with van der Waals surface area (Å²) in [5.74, 6) is -1.65. The van der Waals surface area contributed by atoms with E-state index in [9.17, 15) is 9.59 Å². The summed E-state index contributed by atoms with van der Waals surface area (Å²) in [4.78, 5) is 22.0. The van der Waals surface area contributed by atoms with Crippen molar-refractivity contribution in [3.63, 3.8) is 0 Å². The molecule has 0 bridgehead atoms. The van der Waals surface area contributed by atoms with Gasteiger partial charge in [-0.05, 0) is 6.42 Å². The zero-order chi connectivity index (χ0) is 10.8. The fourth-order valence-corrected chi connectivity index (χ4v) is 1.25. The molecule has 0 aromatic carbocycles. The molecule has 0 saturated carbocycles. The molecule has 5 nitrogen and oxygen atoms in total. The fourth-order valence-electron chi connectivity index (χ4n) is 1.25. The number of methoxy groups -OCH3 is 1. The molecule has 0 amide bonds. The Bertz CT molecular complexity index is 246. The van der Waals surface area contributed by atoms with Crippen LogP contribution in [0.15, 0.2) is 0 Å². The molecule has 1 unspecified atom stereocenters. The number of rotatable bonds is 3. The predicted octanol–water partition coefficient (Wildman–Crippen LogP) is 0.618. The van der Waals surface area contributed by atoms with E-state index in [1.807, 2.05) is 0 Å². The second-order valence-corrected chi connectivity index (χ2v) is 3.54. The van der Waals surface area contributed by atoms with E-state index in [1.54, 1.807) is 13.8 Å². The minimum absolute atomic E-state index is 0.159. The van der Waals surface area contributed by atoms with Gasteiger partial charge in [0.1, 0.15) is 0 Å². The van der Waals surface area contributed by atoms with Crippen molar-refractivity contribution in [3.05, 3.63) is 0 Å². The maximum absolute atomic E-state index is 11.2. The lowest BCUT2D eigenvalue weighted by atomic mass is 10.2. The molecule has 1 atom stereocenters. The highest BCUT2D eigenvalue weighted by Crippen LogP contribution is 2.25. The Labute approximate surface area is 82.3 Å². The highest BCUT2D eigenvalue weighted by molar-refractivity contribution is 5.78. The minimum Gasteiger partial charge on any atom is -0.469 e. The van der Waals surface area contributed by atoms with Crippen molar-refractivity contribution < 1.29 is 23.8 Å². The third-order valence-electron chi connectivity index (χ3n) is 1.87. The molecule has 1 rings (SSSR count). The standard InChI is InChI=1S/C9H14O5/c1-9(2)13-6(8(11)14-9)4-5-7(10)12-3/h6H,4-5H2,1-3H3. The van der Waals surface area contributed by atoms with Crippen molar-refractivity contribution in [2.75, 3.05) is 7.11 Å². The number of hydrogen-bond acceptors (Lipinski definition) is 5. The molecule has 0 aliphatic carbocycles. The second kappa shape index (κ2) is 3.96.